The molecule has 12 heteroatoms. The highest BCUT2D eigenvalue weighted by molar-refractivity contribution is 7.86. The van der Waals surface area contributed by atoms with E-state index in [0.29, 0.717) is 6.42 Å². The molecule has 0 bridgehead atoms. The van der Waals surface area contributed by atoms with Gasteiger partial charge in [0.2, 0.25) is 0 Å². The Balaban J connectivity index is 2.31. The number of carbonyl (C=O) groups excluding carboxylic acids is 1. The van der Waals surface area contributed by atoms with E-state index in [1.54, 1.807) is 0 Å². The summed E-state index contributed by atoms with van der Waals surface area (Å²) in [6.07, 6.45) is -0.118. The average Bonchev–Trinajstić information content (AvgIpc) is 3.00. The summed E-state index contributed by atoms with van der Waals surface area (Å²) >= 11 is 11.8. The van der Waals surface area contributed by atoms with Crippen molar-refractivity contribution in [1.29, 1.82) is 0 Å². The third-order valence-corrected chi connectivity index (χ3v) is 7.79. The zero-order chi connectivity index (χ0) is 22.0. The standard InChI is InChI=1S/C17H20Cl2N2O7S/c1-21(29(27,28)12-8-10(18)7-11(19)9-12)6-2-3-14(21)16(24)20-13(17(25)26)4-5-15(22)23/h7-9,13-14H,2-6H2,1H3,(H2-,20,22,23,24,25,26)/p+1/t13-,14-,21?/m0/s1. The van der Waals surface area contributed by atoms with Crippen LogP contribution < -0.4 is 5.32 Å². The number of nitrogens with zero attached hydrogens (tertiary/aromatic N) is 1. The Labute approximate surface area is 177 Å². The molecule has 1 unspecified atom stereocenters. The van der Waals surface area contributed by atoms with Crippen LogP contribution in [0.1, 0.15) is 25.7 Å². The summed E-state index contributed by atoms with van der Waals surface area (Å²) in [5.41, 5.74) is 0. The quantitative estimate of drug-likeness (QED) is 0.494. The van der Waals surface area contributed by atoms with Crippen molar-refractivity contribution in [2.75, 3.05) is 13.6 Å². The number of hydrogen-bond donors (Lipinski definition) is 3. The van der Waals surface area contributed by atoms with Crippen LogP contribution in [0.15, 0.2) is 23.1 Å². The van der Waals surface area contributed by atoms with Crippen LogP contribution in [0.4, 0.5) is 0 Å². The van der Waals surface area contributed by atoms with Gasteiger partial charge in [0, 0.05) is 29.3 Å². The minimum absolute atomic E-state index is 0.127. The van der Waals surface area contributed by atoms with E-state index in [4.69, 9.17) is 28.3 Å². The predicted octanol–water partition coefficient (Wildman–Crippen LogP) is 1.73. The van der Waals surface area contributed by atoms with Crippen LogP contribution in [-0.2, 0) is 24.4 Å². The van der Waals surface area contributed by atoms with E-state index in [1.165, 1.54) is 25.2 Å². The van der Waals surface area contributed by atoms with E-state index >= 15 is 0 Å². The van der Waals surface area contributed by atoms with Crippen molar-refractivity contribution >= 4 is 51.1 Å². The molecule has 160 valence electrons. The first-order valence-corrected chi connectivity index (χ1v) is 10.9. The molecular formula is C17H21Cl2N2O7S+. The van der Waals surface area contributed by atoms with Crippen LogP contribution in [0.3, 0.4) is 0 Å². The molecule has 0 radical (unpaired) electrons. The third-order valence-electron chi connectivity index (χ3n) is 4.99. The number of nitrogens with one attached hydrogen (secondary N) is 1. The molecule has 0 spiro atoms. The van der Waals surface area contributed by atoms with Gasteiger partial charge in [-0.3, -0.25) is 9.59 Å². The number of benzene rings is 1. The number of halogens is 2. The lowest BCUT2D eigenvalue weighted by atomic mass is 10.1. The molecule has 1 heterocycles. The molecule has 2 rings (SSSR count). The molecule has 0 saturated carbocycles. The van der Waals surface area contributed by atoms with Crippen LogP contribution in [0.25, 0.3) is 0 Å². The maximum Gasteiger partial charge on any atom is 0.327 e. The molecule has 3 atom stereocenters. The van der Waals surface area contributed by atoms with Gasteiger partial charge in [-0.05, 0) is 24.6 Å². The molecule has 1 saturated heterocycles. The fourth-order valence-electron chi connectivity index (χ4n) is 3.41. The van der Waals surface area contributed by atoms with Gasteiger partial charge in [-0.2, -0.15) is 8.42 Å². The third kappa shape index (κ3) is 5.00. The minimum atomic E-state index is -4.09. The number of hydrogen-bond acceptors (Lipinski definition) is 5. The van der Waals surface area contributed by atoms with Crippen molar-refractivity contribution in [3.05, 3.63) is 28.2 Å². The fraction of sp³-hybridized carbons (Fsp3) is 0.471. The lowest BCUT2D eigenvalue weighted by Gasteiger charge is -2.34. The molecule has 1 aliphatic heterocycles. The van der Waals surface area contributed by atoms with Crippen LogP contribution in [0.5, 0.6) is 0 Å². The van der Waals surface area contributed by atoms with Gasteiger partial charge < -0.3 is 15.5 Å². The summed E-state index contributed by atoms with van der Waals surface area (Å²) in [6, 6.07) is 1.37. The number of aliphatic carboxylic acids is 2. The number of carboxylic acids is 2. The van der Waals surface area contributed by atoms with Crippen LogP contribution in [0, 0.1) is 0 Å². The van der Waals surface area contributed by atoms with Crippen LogP contribution in [0.2, 0.25) is 10.0 Å². The molecule has 0 aliphatic carbocycles. The second-order valence-electron chi connectivity index (χ2n) is 6.97. The Bertz CT molecular complexity index is 917. The first-order valence-electron chi connectivity index (χ1n) is 8.70. The molecule has 1 fully saturated rings. The maximum absolute atomic E-state index is 13.3. The van der Waals surface area contributed by atoms with Crippen LogP contribution >= 0.6 is 23.2 Å². The van der Waals surface area contributed by atoms with Crippen molar-refractivity contribution < 1.29 is 36.9 Å². The summed E-state index contributed by atoms with van der Waals surface area (Å²) in [7, 11) is -2.71. The van der Waals surface area contributed by atoms with Gasteiger partial charge in [0.1, 0.15) is 10.9 Å². The second kappa shape index (κ2) is 8.86. The number of likely N-dealkylation sites (N-methyl/N-ethyl adjacent to an activating group) is 1. The van der Waals surface area contributed by atoms with Crippen molar-refractivity contribution in [2.45, 2.75) is 42.7 Å². The topological polar surface area (TPSA) is 138 Å². The van der Waals surface area contributed by atoms with Gasteiger partial charge >= 0.3 is 22.0 Å². The first kappa shape index (κ1) is 23.4. The Morgan fingerprint density at radius 1 is 1.21 bits per heavy atom. The number of likely N-dealkylation sites (tertiary alicyclic amines) is 1. The first-order chi connectivity index (χ1) is 13.4. The smallest absolute Gasteiger partial charge is 0.327 e. The minimum Gasteiger partial charge on any atom is -0.481 e. The van der Waals surface area contributed by atoms with Gasteiger partial charge in [-0.15, -0.1) is 0 Å². The van der Waals surface area contributed by atoms with Crippen molar-refractivity contribution in [3.63, 3.8) is 0 Å². The summed E-state index contributed by atoms with van der Waals surface area (Å²) in [4.78, 5) is 34.7. The van der Waals surface area contributed by atoms with Crippen molar-refractivity contribution in [3.8, 4) is 0 Å². The Hall–Kier alpha value is -1.88. The SMILES string of the molecule is C[N+]1(S(=O)(=O)c2cc(Cl)cc(Cl)c2)CCC[C@H]1C(=O)N[C@@H](CCC(=O)O)C(=O)O. The number of sulfonamides is 1. The zero-order valence-electron chi connectivity index (χ0n) is 15.5. The average molecular weight is 468 g/mol. The highest BCUT2D eigenvalue weighted by atomic mass is 35.5. The molecule has 29 heavy (non-hydrogen) atoms. The van der Waals surface area contributed by atoms with Crippen molar-refractivity contribution in [1.82, 2.24) is 5.32 Å². The van der Waals surface area contributed by atoms with Gasteiger partial charge in [0.05, 0.1) is 13.6 Å². The molecule has 3 N–H and O–H groups in total. The van der Waals surface area contributed by atoms with Gasteiger partial charge in [0.25, 0.3) is 5.91 Å². The summed E-state index contributed by atoms with van der Waals surface area (Å²) in [6.45, 7) is 0.136. The van der Waals surface area contributed by atoms with E-state index < -0.39 is 50.3 Å². The predicted molar refractivity (Wildman–Crippen MR) is 104 cm³/mol. The number of quaternary nitrogens is 1. The summed E-state index contributed by atoms with van der Waals surface area (Å²) in [5, 5.41) is 20.5. The lowest BCUT2D eigenvalue weighted by molar-refractivity contribution is -0.788. The van der Waals surface area contributed by atoms with E-state index in [-0.39, 0.29) is 34.3 Å². The molecule has 9 nitrogen and oxygen atoms in total. The largest absolute Gasteiger partial charge is 0.481 e. The monoisotopic (exact) mass is 467 g/mol. The molecular weight excluding hydrogens is 447 g/mol. The number of carboxylic acid groups (broad SMARTS) is 2. The lowest BCUT2D eigenvalue weighted by Crippen LogP contribution is -2.59. The summed E-state index contributed by atoms with van der Waals surface area (Å²) in [5.74, 6) is -3.36. The normalized spacial score (nSPS) is 22.8. The van der Waals surface area contributed by atoms with E-state index in [2.05, 4.69) is 5.32 Å². The molecule has 1 amide bonds. The maximum atomic E-state index is 13.3. The Kier molecular flexibility index (Phi) is 7.15. The van der Waals surface area contributed by atoms with Gasteiger partial charge in [-0.25, -0.2) is 8.68 Å². The molecule has 1 aromatic rings. The molecule has 1 aliphatic rings. The Morgan fingerprint density at radius 2 is 1.79 bits per heavy atom. The van der Waals surface area contributed by atoms with E-state index in [1.807, 2.05) is 0 Å². The highest BCUT2D eigenvalue weighted by Gasteiger charge is 2.53. The molecule has 0 aromatic heterocycles. The van der Waals surface area contributed by atoms with Crippen LogP contribution in [-0.4, -0.2) is 66.0 Å². The zero-order valence-corrected chi connectivity index (χ0v) is 17.8. The summed E-state index contributed by atoms with van der Waals surface area (Å²) < 4.78 is 25.9. The van der Waals surface area contributed by atoms with E-state index in [9.17, 15) is 27.9 Å². The number of carbonyl (C=O) groups is 3. The van der Waals surface area contributed by atoms with Gasteiger partial charge in [0.15, 0.2) is 6.04 Å². The van der Waals surface area contributed by atoms with E-state index in [0.717, 1.165) is 0 Å². The number of rotatable bonds is 8. The van der Waals surface area contributed by atoms with Gasteiger partial charge in [-0.1, -0.05) is 23.2 Å². The number of amides is 1. The Morgan fingerprint density at radius 3 is 2.31 bits per heavy atom. The second-order valence-corrected chi connectivity index (χ2v) is 10.1. The highest BCUT2D eigenvalue weighted by Crippen LogP contribution is 2.35. The fourth-order valence-corrected chi connectivity index (χ4v) is 6.00. The van der Waals surface area contributed by atoms with Crippen molar-refractivity contribution in [2.24, 2.45) is 0 Å². The molecule has 1 aromatic carbocycles.